The maximum atomic E-state index is 11.3. The molecule has 0 fully saturated rings. The van der Waals surface area contributed by atoms with Crippen LogP contribution in [0.5, 0.6) is 0 Å². The highest BCUT2D eigenvalue weighted by molar-refractivity contribution is 5.73. The van der Waals surface area contributed by atoms with Gasteiger partial charge in [-0.15, -0.1) is 0 Å². The van der Waals surface area contributed by atoms with Gasteiger partial charge in [0.05, 0.1) is 5.52 Å². The number of nitrogens with zero attached hydrogens (tertiary/aromatic N) is 1. The minimum absolute atomic E-state index is 0.309. The van der Waals surface area contributed by atoms with E-state index >= 15 is 0 Å². The number of aryl methyl sites for hydroxylation is 1. The molecule has 74 valence electrons. The topological polar surface area (TPSA) is 61.2 Å². The summed E-state index contributed by atoms with van der Waals surface area (Å²) in [5, 5.41) is 0. The van der Waals surface area contributed by atoms with Crippen molar-refractivity contribution in [1.29, 1.82) is 0 Å². The summed E-state index contributed by atoms with van der Waals surface area (Å²) < 4.78 is 6.65. The molecule has 14 heavy (non-hydrogen) atoms. The summed E-state index contributed by atoms with van der Waals surface area (Å²) in [6, 6.07) is 5.54. The third-order valence-corrected chi connectivity index (χ3v) is 2.28. The number of benzene rings is 1. The van der Waals surface area contributed by atoms with E-state index in [1.54, 1.807) is 10.6 Å². The van der Waals surface area contributed by atoms with E-state index in [-0.39, 0.29) is 5.76 Å². The molecule has 0 aliphatic heterocycles. The monoisotopic (exact) mass is 192 g/mol. The fraction of sp³-hybridized carbons (Fsp3) is 0.300. The molecule has 4 heteroatoms. The van der Waals surface area contributed by atoms with Crippen LogP contribution in [0.1, 0.15) is 12.5 Å². The van der Waals surface area contributed by atoms with Crippen LogP contribution in [0.3, 0.4) is 0 Å². The Morgan fingerprint density at radius 2 is 2.29 bits per heavy atom. The third kappa shape index (κ3) is 1.24. The third-order valence-electron chi connectivity index (χ3n) is 2.28. The van der Waals surface area contributed by atoms with Crippen LogP contribution in [0, 0.1) is 0 Å². The zero-order valence-electron chi connectivity index (χ0n) is 7.99. The van der Waals surface area contributed by atoms with Gasteiger partial charge in [0.2, 0.25) is 0 Å². The van der Waals surface area contributed by atoms with Crippen molar-refractivity contribution in [2.45, 2.75) is 20.0 Å². The van der Waals surface area contributed by atoms with E-state index in [9.17, 15) is 4.79 Å². The van der Waals surface area contributed by atoms with Crippen LogP contribution in [0.25, 0.3) is 11.1 Å². The van der Waals surface area contributed by atoms with Gasteiger partial charge in [0.1, 0.15) is 0 Å². The van der Waals surface area contributed by atoms with Crippen molar-refractivity contribution in [3.05, 3.63) is 34.3 Å². The van der Waals surface area contributed by atoms with Crippen LogP contribution in [0.4, 0.5) is 0 Å². The van der Waals surface area contributed by atoms with Crippen LogP contribution in [0.15, 0.2) is 27.4 Å². The van der Waals surface area contributed by atoms with E-state index in [2.05, 4.69) is 0 Å². The lowest BCUT2D eigenvalue weighted by atomic mass is 10.2. The van der Waals surface area contributed by atoms with Crippen molar-refractivity contribution in [1.82, 2.24) is 4.57 Å². The Morgan fingerprint density at radius 1 is 1.50 bits per heavy atom. The fourth-order valence-corrected chi connectivity index (χ4v) is 1.53. The first kappa shape index (κ1) is 9.02. The predicted octanol–water partition coefficient (Wildman–Crippen LogP) is 1.07. The molecule has 4 nitrogen and oxygen atoms in total. The molecule has 0 aliphatic rings. The molecule has 0 saturated heterocycles. The molecular weight excluding hydrogens is 180 g/mol. The van der Waals surface area contributed by atoms with E-state index in [0.29, 0.717) is 18.7 Å². The number of hydrogen-bond acceptors (Lipinski definition) is 3. The van der Waals surface area contributed by atoms with Gasteiger partial charge in [-0.1, -0.05) is 6.07 Å². The highest BCUT2D eigenvalue weighted by Crippen LogP contribution is 2.14. The zero-order chi connectivity index (χ0) is 10.1. The molecule has 2 aromatic rings. The van der Waals surface area contributed by atoms with E-state index in [4.69, 9.17) is 10.2 Å². The van der Waals surface area contributed by atoms with Gasteiger partial charge in [0.15, 0.2) is 5.58 Å². The minimum atomic E-state index is -0.309. The summed E-state index contributed by atoms with van der Waals surface area (Å²) in [5.41, 5.74) is 7.96. The molecular formula is C10H12N2O2. The Kier molecular flexibility index (Phi) is 2.13. The molecule has 0 amide bonds. The normalized spacial score (nSPS) is 11.0. The van der Waals surface area contributed by atoms with Crippen LogP contribution in [-0.4, -0.2) is 4.57 Å². The summed E-state index contributed by atoms with van der Waals surface area (Å²) in [5.74, 6) is -0.309. The van der Waals surface area contributed by atoms with Gasteiger partial charge in [-0.3, -0.25) is 4.57 Å². The maximum Gasteiger partial charge on any atom is 0.419 e. The van der Waals surface area contributed by atoms with Gasteiger partial charge in [-0.05, 0) is 24.6 Å². The van der Waals surface area contributed by atoms with Crippen LogP contribution < -0.4 is 11.5 Å². The molecule has 0 atom stereocenters. The van der Waals surface area contributed by atoms with Gasteiger partial charge >= 0.3 is 5.76 Å². The Hall–Kier alpha value is -1.55. The predicted molar refractivity (Wildman–Crippen MR) is 54.0 cm³/mol. The number of nitrogens with two attached hydrogens (primary N) is 1. The standard InChI is InChI=1S/C10H12N2O2/c1-2-12-8-5-7(6-11)3-4-9(8)14-10(12)13/h3-5H,2,6,11H2,1H3. The SMILES string of the molecule is CCn1c(=O)oc2ccc(CN)cc21. The molecule has 0 spiro atoms. The van der Waals surface area contributed by atoms with Crippen LogP contribution in [0.2, 0.25) is 0 Å². The highest BCUT2D eigenvalue weighted by Gasteiger charge is 2.07. The molecule has 2 rings (SSSR count). The van der Waals surface area contributed by atoms with E-state index in [1.807, 2.05) is 19.1 Å². The van der Waals surface area contributed by atoms with Gasteiger partial charge in [0.25, 0.3) is 0 Å². The van der Waals surface area contributed by atoms with Gasteiger partial charge in [-0.25, -0.2) is 4.79 Å². The zero-order valence-corrected chi connectivity index (χ0v) is 7.99. The first-order valence-corrected chi connectivity index (χ1v) is 4.58. The van der Waals surface area contributed by atoms with Crippen molar-refractivity contribution < 1.29 is 4.42 Å². The number of oxazole rings is 1. The lowest BCUT2D eigenvalue weighted by molar-refractivity contribution is 0.513. The number of hydrogen-bond donors (Lipinski definition) is 1. The van der Waals surface area contributed by atoms with Crippen molar-refractivity contribution in [3.8, 4) is 0 Å². The fourth-order valence-electron chi connectivity index (χ4n) is 1.53. The molecule has 0 radical (unpaired) electrons. The maximum absolute atomic E-state index is 11.3. The molecule has 1 heterocycles. The van der Waals surface area contributed by atoms with Crippen molar-refractivity contribution in [3.63, 3.8) is 0 Å². The van der Waals surface area contributed by atoms with E-state index < -0.39 is 0 Å². The molecule has 1 aromatic heterocycles. The molecule has 0 aliphatic carbocycles. The Labute approximate surface area is 80.9 Å². The van der Waals surface area contributed by atoms with Crippen LogP contribution in [-0.2, 0) is 13.1 Å². The molecule has 1 aromatic carbocycles. The summed E-state index contributed by atoms with van der Waals surface area (Å²) >= 11 is 0. The second-order valence-electron chi connectivity index (χ2n) is 3.12. The number of rotatable bonds is 2. The Morgan fingerprint density at radius 3 is 2.93 bits per heavy atom. The molecule has 0 bridgehead atoms. The van der Waals surface area contributed by atoms with Crippen LogP contribution >= 0.6 is 0 Å². The average molecular weight is 192 g/mol. The van der Waals surface area contributed by atoms with Gasteiger partial charge < -0.3 is 10.2 Å². The summed E-state index contributed by atoms with van der Waals surface area (Å²) in [6.45, 7) is 2.99. The van der Waals surface area contributed by atoms with E-state index in [1.165, 1.54) is 0 Å². The first-order valence-electron chi connectivity index (χ1n) is 4.58. The molecule has 0 saturated carbocycles. The van der Waals surface area contributed by atoms with Crippen molar-refractivity contribution in [2.75, 3.05) is 0 Å². The minimum Gasteiger partial charge on any atom is -0.408 e. The first-order chi connectivity index (χ1) is 6.76. The molecule has 0 unspecified atom stereocenters. The van der Waals surface area contributed by atoms with Crippen molar-refractivity contribution in [2.24, 2.45) is 5.73 Å². The van der Waals surface area contributed by atoms with Crippen molar-refractivity contribution >= 4 is 11.1 Å². The lowest BCUT2D eigenvalue weighted by Crippen LogP contribution is -2.12. The average Bonchev–Trinajstić information content (AvgIpc) is 2.52. The summed E-state index contributed by atoms with van der Waals surface area (Å²) in [6.07, 6.45) is 0. The van der Waals surface area contributed by atoms with Gasteiger partial charge in [0, 0.05) is 13.1 Å². The quantitative estimate of drug-likeness (QED) is 0.774. The largest absolute Gasteiger partial charge is 0.419 e. The number of fused-ring (bicyclic) bond motifs is 1. The molecule has 2 N–H and O–H groups in total. The van der Waals surface area contributed by atoms with Gasteiger partial charge in [-0.2, -0.15) is 0 Å². The Balaban J connectivity index is 2.77. The smallest absolute Gasteiger partial charge is 0.408 e. The second kappa shape index (κ2) is 3.31. The number of aromatic nitrogens is 1. The second-order valence-corrected chi connectivity index (χ2v) is 3.12. The van der Waals surface area contributed by atoms with E-state index in [0.717, 1.165) is 11.1 Å². The highest BCUT2D eigenvalue weighted by atomic mass is 16.4. The Bertz CT molecular complexity index is 510. The lowest BCUT2D eigenvalue weighted by Gasteiger charge is -1.98. The summed E-state index contributed by atoms with van der Waals surface area (Å²) in [7, 11) is 0. The summed E-state index contributed by atoms with van der Waals surface area (Å²) in [4.78, 5) is 11.3.